The summed E-state index contributed by atoms with van der Waals surface area (Å²) in [6.45, 7) is 7.95. The van der Waals surface area contributed by atoms with E-state index >= 15 is 4.39 Å². The molecule has 0 radical (unpaired) electrons. The summed E-state index contributed by atoms with van der Waals surface area (Å²) in [7, 11) is 1.50. The second kappa shape index (κ2) is 14.1. The van der Waals surface area contributed by atoms with Gasteiger partial charge in [0.2, 0.25) is 0 Å². The smallest absolute Gasteiger partial charge is 0.410 e. The maximum Gasteiger partial charge on any atom is 0.410 e. The number of alkyl halides is 1. The zero-order valence-corrected chi connectivity index (χ0v) is 31.6. The molecular formula is C39H44F2N6O6S. The number of hydrogen-bond acceptors (Lipinski definition) is 12. The second-order valence-electron chi connectivity index (χ2n) is 15.7. The fraction of sp³-hybridized carbons (Fsp3) is 0.538. The van der Waals surface area contributed by atoms with E-state index in [2.05, 4.69) is 15.7 Å². The van der Waals surface area contributed by atoms with E-state index in [1.807, 2.05) is 25.7 Å². The van der Waals surface area contributed by atoms with Crippen molar-refractivity contribution in [3.8, 4) is 24.1 Å². The summed E-state index contributed by atoms with van der Waals surface area (Å²) in [6.07, 6.45) is 7.02. The van der Waals surface area contributed by atoms with Crippen molar-refractivity contribution in [3.05, 3.63) is 46.2 Å². The van der Waals surface area contributed by atoms with E-state index in [0.29, 0.717) is 64.3 Å². The maximum absolute atomic E-state index is 15.1. The highest BCUT2D eigenvalue weighted by Crippen LogP contribution is 2.43. The van der Waals surface area contributed by atoms with Gasteiger partial charge in [-0.15, -0.1) is 6.42 Å². The molecule has 1 amide bonds. The number of carbonyl (C=O) groups excluding carboxylic acids is 1. The van der Waals surface area contributed by atoms with Gasteiger partial charge in [0.15, 0.2) is 17.4 Å². The van der Waals surface area contributed by atoms with Crippen LogP contribution in [0.5, 0.6) is 11.8 Å². The Morgan fingerprint density at radius 1 is 1.15 bits per heavy atom. The molecule has 2 aromatic heterocycles. The summed E-state index contributed by atoms with van der Waals surface area (Å²) >= 11 is 1.16. The molecule has 6 heterocycles. The summed E-state index contributed by atoms with van der Waals surface area (Å²) in [4.78, 5) is 34.5. The molecule has 4 aromatic rings. The number of thiazole rings is 1. The fourth-order valence-corrected chi connectivity index (χ4v) is 9.62. The molecule has 4 fully saturated rings. The van der Waals surface area contributed by atoms with Gasteiger partial charge in [-0.2, -0.15) is 9.97 Å². The van der Waals surface area contributed by atoms with Crippen LogP contribution in [-0.2, 0) is 9.47 Å². The first-order valence-electron chi connectivity index (χ1n) is 18.4. The first-order chi connectivity index (χ1) is 25.9. The number of anilines is 1. The van der Waals surface area contributed by atoms with Crippen LogP contribution in [0.4, 0.5) is 19.4 Å². The van der Waals surface area contributed by atoms with Crippen LogP contribution in [0.1, 0.15) is 75.1 Å². The molecule has 12 nitrogen and oxygen atoms in total. The van der Waals surface area contributed by atoms with E-state index in [9.17, 15) is 14.3 Å². The molecular weight excluding hydrogens is 719 g/mol. The molecule has 15 heteroatoms. The summed E-state index contributed by atoms with van der Waals surface area (Å²) in [5, 5.41) is 13.3. The summed E-state index contributed by atoms with van der Waals surface area (Å²) in [6, 6.07) is 6.10. The Hall–Kier alpha value is -4.36. The number of hydrogen-bond donors (Lipinski definition) is 1. The van der Waals surface area contributed by atoms with Crippen LogP contribution < -0.4 is 14.4 Å². The number of ether oxygens (including phenoxy) is 4. The average molecular weight is 763 g/mol. The number of benzene rings is 2. The standard InChI is InChI=1S/C39H44F2N6O6S/c1-6-27-29(41)11-8-22-14-26(52-21-50-5)15-28(30(22)27)32(48)35-42-31-33(45-18-24-9-10-25(19-45)47(24)37(49)53-38(2,3)4)43-36(44-34(31)54-35)51-20-39-12-7-13-46(39)17-23(40)16-39/h1,8,11,14-15,23-25,32,48H,7,9-10,12-13,16-21H2,2-5H3/t23-,24?,25?,32?,39+/m1/s1. The minimum Gasteiger partial charge on any atom is -0.468 e. The Balaban J connectivity index is 1.19. The quantitative estimate of drug-likeness (QED) is 0.160. The van der Waals surface area contributed by atoms with E-state index in [1.165, 1.54) is 13.2 Å². The lowest BCUT2D eigenvalue weighted by molar-refractivity contribution is 0.0122. The second-order valence-corrected chi connectivity index (χ2v) is 16.7. The van der Waals surface area contributed by atoms with Crippen LogP contribution >= 0.6 is 11.3 Å². The third-order valence-electron chi connectivity index (χ3n) is 10.9. The zero-order chi connectivity index (χ0) is 37.9. The first-order valence-corrected chi connectivity index (χ1v) is 19.2. The molecule has 4 aliphatic rings. The van der Waals surface area contributed by atoms with Crippen molar-refractivity contribution in [2.45, 2.75) is 88.4 Å². The Morgan fingerprint density at radius 2 is 1.93 bits per heavy atom. The molecule has 0 saturated carbocycles. The average Bonchev–Trinajstić information content (AvgIpc) is 3.87. The SMILES string of the molecule is C#Cc1c(F)ccc2cc(OCOC)cc(C(O)c3nc4c(N5CC6CCC(C5)N6C(=O)OC(C)(C)C)nc(OC[C@@]56CCCN5C[C@H](F)C6)nc4s3)c12. The number of fused-ring (bicyclic) bond motifs is 5. The summed E-state index contributed by atoms with van der Waals surface area (Å²) < 4.78 is 52.7. The van der Waals surface area contributed by atoms with Crippen molar-refractivity contribution in [1.82, 2.24) is 24.8 Å². The monoisotopic (exact) mass is 762 g/mol. The molecule has 8 rings (SSSR count). The van der Waals surface area contributed by atoms with Gasteiger partial charge in [0.25, 0.3) is 0 Å². The molecule has 0 spiro atoms. The Kier molecular flexibility index (Phi) is 9.52. The van der Waals surface area contributed by atoms with Crippen LogP contribution in [0.2, 0.25) is 0 Å². The number of rotatable bonds is 9. The van der Waals surface area contributed by atoms with Gasteiger partial charge < -0.3 is 29.0 Å². The van der Waals surface area contributed by atoms with E-state index in [0.717, 1.165) is 43.6 Å². The summed E-state index contributed by atoms with van der Waals surface area (Å²) in [5.74, 6) is 2.76. The van der Waals surface area contributed by atoms with E-state index in [4.69, 9.17) is 40.3 Å². The molecule has 4 aliphatic heterocycles. The van der Waals surface area contributed by atoms with E-state index in [1.54, 1.807) is 18.2 Å². The van der Waals surface area contributed by atoms with Crippen LogP contribution in [0.3, 0.4) is 0 Å². The number of aromatic nitrogens is 3. The van der Waals surface area contributed by atoms with Crippen LogP contribution in [0, 0.1) is 18.2 Å². The first kappa shape index (κ1) is 36.6. The predicted octanol–water partition coefficient (Wildman–Crippen LogP) is 5.97. The highest BCUT2D eigenvalue weighted by atomic mass is 32.1. The van der Waals surface area contributed by atoms with Gasteiger partial charge in [0, 0.05) is 44.1 Å². The number of nitrogens with zero attached hydrogens (tertiary/aromatic N) is 6. The lowest BCUT2D eigenvalue weighted by atomic mass is 9.95. The van der Waals surface area contributed by atoms with Crippen molar-refractivity contribution < 1.29 is 37.6 Å². The minimum atomic E-state index is -1.35. The van der Waals surface area contributed by atoms with Crippen LogP contribution in [0.25, 0.3) is 21.1 Å². The number of terminal acetylenes is 1. The molecule has 0 aliphatic carbocycles. The zero-order valence-electron chi connectivity index (χ0n) is 30.8. The topological polar surface area (TPSA) is 123 Å². The number of aliphatic hydroxyl groups excluding tert-OH is 1. The number of methoxy groups -OCH3 is 1. The molecule has 2 aromatic carbocycles. The Morgan fingerprint density at radius 3 is 2.65 bits per heavy atom. The third kappa shape index (κ3) is 6.67. The molecule has 5 atom stereocenters. The van der Waals surface area contributed by atoms with Gasteiger partial charge in [-0.05, 0) is 76.6 Å². The molecule has 1 N–H and O–H groups in total. The largest absolute Gasteiger partial charge is 0.468 e. The normalized spacial score (nSPS) is 24.6. The fourth-order valence-electron chi connectivity index (χ4n) is 8.69. The highest BCUT2D eigenvalue weighted by Gasteiger charge is 2.50. The number of carbonyl (C=O) groups is 1. The van der Waals surface area contributed by atoms with E-state index < -0.39 is 29.2 Å². The predicted molar refractivity (Wildman–Crippen MR) is 199 cm³/mol. The Bertz CT molecular complexity index is 2120. The van der Waals surface area contributed by atoms with E-state index in [-0.39, 0.29) is 48.2 Å². The summed E-state index contributed by atoms with van der Waals surface area (Å²) in [5.41, 5.74) is -0.261. The molecule has 4 saturated heterocycles. The van der Waals surface area contributed by atoms with Crippen molar-refractivity contribution in [1.29, 1.82) is 0 Å². The van der Waals surface area contributed by atoms with Crippen molar-refractivity contribution in [2.75, 3.05) is 51.6 Å². The number of halogens is 2. The Labute approximate surface area is 316 Å². The number of aliphatic hydroxyl groups is 1. The third-order valence-corrected chi connectivity index (χ3v) is 11.9. The minimum absolute atomic E-state index is 0.0122. The van der Waals surface area contributed by atoms with Crippen molar-refractivity contribution in [3.63, 3.8) is 0 Å². The highest BCUT2D eigenvalue weighted by molar-refractivity contribution is 7.18. The maximum atomic E-state index is 15.1. The van der Waals surface area contributed by atoms with Gasteiger partial charge in [-0.3, -0.25) is 9.80 Å². The van der Waals surface area contributed by atoms with Crippen molar-refractivity contribution >= 4 is 44.4 Å². The molecule has 3 unspecified atom stereocenters. The number of piperazine rings is 1. The number of amides is 1. The van der Waals surface area contributed by atoms with Gasteiger partial charge in [-0.1, -0.05) is 23.3 Å². The van der Waals surface area contributed by atoms with Crippen LogP contribution in [0.15, 0.2) is 24.3 Å². The molecule has 54 heavy (non-hydrogen) atoms. The lowest BCUT2D eigenvalue weighted by Gasteiger charge is -2.41. The van der Waals surface area contributed by atoms with Gasteiger partial charge >= 0.3 is 12.1 Å². The molecule has 286 valence electrons. The van der Waals surface area contributed by atoms with Crippen LogP contribution in [-0.4, -0.2) is 112 Å². The van der Waals surface area contributed by atoms with Crippen molar-refractivity contribution in [2.24, 2.45) is 0 Å². The van der Waals surface area contributed by atoms with Gasteiger partial charge in [-0.25, -0.2) is 18.6 Å². The molecule has 2 bridgehead atoms. The van der Waals surface area contributed by atoms with Gasteiger partial charge in [0.1, 0.15) is 46.6 Å². The lowest BCUT2D eigenvalue weighted by Crippen LogP contribution is -2.57. The van der Waals surface area contributed by atoms with Gasteiger partial charge in [0.05, 0.1) is 23.2 Å².